The predicted octanol–water partition coefficient (Wildman–Crippen LogP) is 1.67. The second-order valence-electron chi connectivity index (χ2n) is 4.55. The maximum atomic E-state index is 6.08. The lowest BCUT2D eigenvalue weighted by Crippen LogP contribution is -2.26. The van der Waals surface area contributed by atoms with Crippen molar-refractivity contribution in [3.63, 3.8) is 0 Å². The van der Waals surface area contributed by atoms with Crippen LogP contribution in [-0.2, 0) is 7.05 Å². The molecule has 0 atom stereocenters. The molecule has 2 aromatic rings. The van der Waals surface area contributed by atoms with Crippen molar-refractivity contribution in [2.24, 2.45) is 18.6 Å². The van der Waals surface area contributed by atoms with E-state index in [0.717, 1.165) is 22.5 Å². The van der Waals surface area contributed by atoms with Crippen molar-refractivity contribution in [2.45, 2.75) is 13.8 Å². The molecule has 1 aromatic carbocycles. The molecule has 0 spiro atoms. The van der Waals surface area contributed by atoms with Crippen molar-refractivity contribution in [3.8, 4) is 0 Å². The fraction of sp³-hybridized carbons (Fsp3) is 0.214. The normalized spacial score (nSPS) is 11.7. The van der Waals surface area contributed by atoms with Gasteiger partial charge in [0, 0.05) is 24.5 Å². The molecule has 100 valence electrons. The van der Waals surface area contributed by atoms with Gasteiger partial charge in [-0.25, -0.2) is 5.84 Å². The quantitative estimate of drug-likeness (QED) is 0.648. The first-order valence-corrected chi connectivity index (χ1v) is 6.06. The maximum absolute atomic E-state index is 6.08. The molecule has 0 amide bonds. The van der Waals surface area contributed by atoms with E-state index in [9.17, 15) is 0 Å². The van der Waals surface area contributed by atoms with Crippen molar-refractivity contribution < 1.29 is 0 Å². The Hall–Kier alpha value is -2.27. The van der Waals surface area contributed by atoms with E-state index in [4.69, 9.17) is 11.6 Å². The van der Waals surface area contributed by atoms with Crippen LogP contribution in [0.3, 0.4) is 0 Å². The van der Waals surface area contributed by atoms with Crippen LogP contribution < -0.4 is 16.6 Å². The third-order valence-electron chi connectivity index (χ3n) is 3.22. The summed E-state index contributed by atoms with van der Waals surface area (Å²) < 4.78 is 1.78. The van der Waals surface area contributed by atoms with Gasteiger partial charge in [-0.3, -0.25) is 9.69 Å². The van der Waals surface area contributed by atoms with Crippen LogP contribution in [-0.4, -0.2) is 9.78 Å². The first-order chi connectivity index (χ1) is 9.00. The Balaban J connectivity index is 2.31. The topological polar surface area (TPSA) is 73.1 Å². The fourth-order valence-corrected chi connectivity index (χ4v) is 1.92. The van der Waals surface area contributed by atoms with Gasteiger partial charge in [-0.05, 0) is 25.5 Å². The second kappa shape index (κ2) is 5.16. The molecular weight excluding hydrogens is 238 g/mol. The SMILES string of the molecule is Cc1ccccc1N(N)/C=C(\N)c1cnn(C)c1C. The van der Waals surface area contributed by atoms with Crippen molar-refractivity contribution in [2.75, 3.05) is 5.01 Å². The summed E-state index contributed by atoms with van der Waals surface area (Å²) >= 11 is 0. The highest BCUT2D eigenvalue weighted by atomic mass is 15.4. The Morgan fingerprint density at radius 2 is 2.00 bits per heavy atom. The molecule has 4 N–H and O–H groups in total. The Morgan fingerprint density at radius 1 is 1.32 bits per heavy atom. The number of benzene rings is 1. The standard InChI is InChI=1S/C14H19N5/c1-10-6-4-5-7-14(10)19(16)9-13(15)12-8-17-18(3)11(12)2/h4-9H,15-16H2,1-3H3/b13-9-. The highest BCUT2D eigenvalue weighted by Crippen LogP contribution is 2.19. The van der Waals surface area contributed by atoms with Crippen LogP contribution in [0.2, 0.25) is 0 Å². The summed E-state index contributed by atoms with van der Waals surface area (Å²) in [5.41, 5.74) is 10.6. The Labute approximate surface area is 113 Å². The monoisotopic (exact) mass is 257 g/mol. The van der Waals surface area contributed by atoms with Gasteiger partial charge in [-0.15, -0.1) is 0 Å². The molecule has 1 heterocycles. The molecule has 0 aliphatic rings. The summed E-state index contributed by atoms with van der Waals surface area (Å²) in [5.74, 6) is 6.04. The Kier molecular flexibility index (Phi) is 3.57. The van der Waals surface area contributed by atoms with Gasteiger partial charge >= 0.3 is 0 Å². The zero-order valence-corrected chi connectivity index (χ0v) is 11.5. The second-order valence-corrected chi connectivity index (χ2v) is 4.55. The zero-order valence-electron chi connectivity index (χ0n) is 11.5. The number of aromatic nitrogens is 2. The van der Waals surface area contributed by atoms with E-state index in [-0.39, 0.29) is 0 Å². The molecule has 0 fully saturated rings. The molecule has 0 aliphatic heterocycles. The molecule has 0 aliphatic carbocycles. The molecule has 5 nitrogen and oxygen atoms in total. The van der Waals surface area contributed by atoms with Gasteiger partial charge in [0.05, 0.1) is 17.6 Å². The van der Waals surface area contributed by atoms with E-state index < -0.39 is 0 Å². The van der Waals surface area contributed by atoms with Crippen LogP contribution in [0.1, 0.15) is 16.8 Å². The number of rotatable bonds is 3. The molecule has 0 saturated heterocycles. The summed E-state index contributed by atoms with van der Waals surface area (Å²) in [4.78, 5) is 0. The summed E-state index contributed by atoms with van der Waals surface area (Å²) in [7, 11) is 1.88. The molecular formula is C14H19N5. The van der Waals surface area contributed by atoms with Crippen LogP contribution in [0.25, 0.3) is 5.70 Å². The number of hydrazine groups is 1. The van der Waals surface area contributed by atoms with Crippen LogP contribution in [0.15, 0.2) is 36.7 Å². The number of nitrogens with two attached hydrogens (primary N) is 2. The van der Waals surface area contributed by atoms with Gasteiger partial charge in [-0.2, -0.15) is 5.10 Å². The Bertz CT molecular complexity index is 612. The van der Waals surface area contributed by atoms with E-state index in [1.807, 2.05) is 45.2 Å². The number of nitrogens with zero attached hydrogens (tertiary/aromatic N) is 3. The highest BCUT2D eigenvalue weighted by Gasteiger charge is 2.08. The number of anilines is 1. The summed E-state index contributed by atoms with van der Waals surface area (Å²) in [6.45, 7) is 3.98. The number of para-hydroxylation sites is 1. The minimum Gasteiger partial charge on any atom is -0.397 e. The van der Waals surface area contributed by atoms with Crippen molar-refractivity contribution in [1.82, 2.24) is 9.78 Å². The molecule has 1 aromatic heterocycles. The number of aryl methyl sites for hydroxylation is 2. The minimum absolute atomic E-state index is 0.594. The first kappa shape index (κ1) is 13.2. The van der Waals surface area contributed by atoms with E-state index in [1.54, 1.807) is 17.1 Å². The van der Waals surface area contributed by atoms with Gasteiger partial charge in [0.1, 0.15) is 0 Å². The average molecular weight is 257 g/mol. The van der Waals surface area contributed by atoms with Crippen LogP contribution in [0.5, 0.6) is 0 Å². The van der Waals surface area contributed by atoms with Crippen molar-refractivity contribution in [3.05, 3.63) is 53.5 Å². The zero-order chi connectivity index (χ0) is 14.0. The van der Waals surface area contributed by atoms with E-state index >= 15 is 0 Å². The third-order valence-corrected chi connectivity index (χ3v) is 3.22. The van der Waals surface area contributed by atoms with Gasteiger partial charge in [0.25, 0.3) is 0 Å². The largest absolute Gasteiger partial charge is 0.397 e. The summed E-state index contributed by atoms with van der Waals surface area (Å²) in [6.07, 6.45) is 3.46. The number of hydrogen-bond donors (Lipinski definition) is 2. The highest BCUT2D eigenvalue weighted by molar-refractivity contribution is 5.68. The van der Waals surface area contributed by atoms with Crippen LogP contribution in [0.4, 0.5) is 5.69 Å². The average Bonchev–Trinajstić information content (AvgIpc) is 2.70. The van der Waals surface area contributed by atoms with Gasteiger partial charge in [0.15, 0.2) is 0 Å². The van der Waals surface area contributed by atoms with Crippen LogP contribution in [0, 0.1) is 13.8 Å². The third kappa shape index (κ3) is 2.61. The van der Waals surface area contributed by atoms with Crippen molar-refractivity contribution in [1.29, 1.82) is 0 Å². The summed E-state index contributed by atoms with van der Waals surface area (Å²) in [6, 6.07) is 7.89. The van der Waals surface area contributed by atoms with E-state index in [1.165, 1.54) is 5.01 Å². The lowest BCUT2D eigenvalue weighted by Gasteiger charge is -2.17. The van der Waals surface area contributed by atoms with Gasteiger partial charge < -0.3 is 5.73 Å². The number of hydrogen-bond acceptors (Lipinski definition) is 4. The molecule has 5 heteroatoms. The minimum atomic E-state index is 0.594. The molecule has 2 rings (SSSR count). The Morgan fingerprint density at radius 3 is 2.58 bits per heavy atom. The van der Waals surface area contributed by atoms with Gasteiger partial charge in [0.2, 0.25) is 0 Å². The molecule has 0 radical (unpaired) electrons. The maximum Gasteiger partial charge on any atom is 0.0603 e. The molecule has 19 heavy (non-hydrogen) atoms. The molecule has 0 unspecified atom stereocenters. The van der Waals surface area contributed by atoms with E-state index in [2.05, 4.69) is 5.10 Å². The smallest absolute Gasteiger partial charge is 0.0603 e. The van der Waals surface area contributed by atoms with E-state index in [0.29, 0.717) is 5.70 Å². The fourth-order valence-electron chi connectivity index (χ4n) is 1.92. The van der Waals surface area contributed by atoms with Crippen LogP contribution >= 0.6 is 0 Å². The lowest BCUT2D eigenvalue weighted by molar-refractivity contribution is 0.739. The van der Waals surface area contributed by atoms with Gasteiger partial charge in [-0.1, -0.05) is 18.2 Å². The molecule has 0 saturated carbocycles. The predicted molar refractivity (Wildman–Crippen MR) is 78.0 cm³/mol. The molecule has 0 bridgehead atoms. The van der Waals surface area contributed by atoms with Crippen molar-refractivity contribution >= 4 is 11.4 Å². The first-order valence-electron chi connectivity index (χ1n) is 6.06. The summed E-state index contributed by atoms with van der Waals surface area (Å²) in [5, 5.41) is 5.71. The lowest BCUT2D eigenvalue weighted by atomic mass is 10.2.